The van der Waals surface area contributed by atoms with Crippen molar-refractivity contribution in [2.45, 2.75) is 4.90 Å². The maximum Gasteiger partial charge on any atom is 0.262 e. The lowest BCUT2D eigenvalue weighted by Crippen LogP contribution is -2.18. The van der Waals surface area contributed by atoms with Crippen LogP contribution in [0.4, 0.5) is 15.8 Å². The highest BCUT2D eigenvalue weighted by atomic mass is 32.2. The first-order valence-corrected chi connectivity index (χ1v) is 10.3. The summed E-state index contributed by atoms with van der Waals surface area (Å²) >= 11 is 0. The van der Waals surface area contributed by atoms with Crippen LogP contribution < -0.4 is 15.4 Å². The molecule has 3 rings (SSSR count). The number of hydrogen-bond donors (Lipinski definition) is 3. The third-order valence-corrected chi connectivity index (χ3v) is 5.52. The van der Waals surface area contributed by atoms with Gasteiger partial charge in [-0.3, -0.25) is 14.3 Å². The van der Waals surface area contributed by atoms with E-state index in [1.54, 1.807) is 24.3 Å². The van der Waals surface area contributed by atoms with Crippen LogP contribution in [0.15, 0.2) is 77.7 Å². The molecule has 0 aliphatic carbocycles. The quantitative estimate of drug-likeness (QED) is 0.562. The summed E-state index contributed by atoms with van der Waals surface area (Å²) < 4.78 is 41.1. The van der Waals surface area contributed by atoms with Gasteiger partial charge in [0.05, 0.1) is 10.6 Å². The summed E-state index contributed by atoms with van der Waals surface area (Å²) in [4.78, 5) is 23.9. The lowest BCUT2D eigenvalue weighted by atomic mass is 10.1. The predicted molar refractivity (Wildman–Crippen MR) is 111 cm³/mol. The Morgan fingerprint density at radius 3 is 2.20 bits per heavy atom. The van der Waals surface area contributed by atoms with E-state index >= 15 is 0 Å². The number of amides is 2. The van der Waals surface area contributed by atoms with Crippen molar-refractivity contribution in [2.24, 2.45) is 0 Å². The predicted octanol–water partition coefficient (Wildman–Crippen LogP) is 3.24. The molecule has 0 radical (unpaired) electrons. The average molecular weight is 427 g/mol. The number of rotatable bonds is 6. The first kappa shape index (κ1) is 21.0. The molecule has 0 unspecified atom stereocenters. The molecule has 2 amide bonds. The molecule has 30 heavy (non-hydrogen) atoms. The van der Waals surface area contributed by atoms with Crippen molar-refractivity contribution in [1.82, 2.24) is 5.32 Å². The molecular weight excluding hydrogens is 409 g/mol. The molecule has 0 aliphatic rings. The van der Waals surface area contributed by atoms with Crippen molar-refractivity contribution in [1.29, 1.82) is 0 Å². The van der Waals surface area contributed by atoms with Gasteiger partial charge in [-0.15, -0.1) is 0 Å². The first-order valence-electron chi connectivity index (χ1n) is 8.81. The number of halogens is 1. The molecule has 0 aliphatic heterocycles. The normalized spacial score (nSPS) is 10.9. The van der Waals surface area contributed by atoms with E-state index in [9.17, 15) is 22.4 Å². The van der Waals surface area contributed by atoms with Crippen LogP contribution in [-0.2, 0) is 10.0 Å². The first-order chi connectivity index (χ1) is 14.3. The second-order valence-corrected chi connectivity index (χ2v) is 7.91. The monoisotopic (exact) mass is 427 g/mol. The van der Waals surface area contributed by atoms with Crippen LogP contribution in [0, 0.1) is 5.82 Å². The Morgan fingerprint density at radius 1 is 0.833 bits per heavy atom. The zero-order valence-corrected chi connectivity index (χ0v) is 16.7. The highest BCUT2D eigenvalue weighted by Crippen LogP contribution is 2.20. The molecule has 0 spiro atoms. The summed E-state index contributed by atoms with van der Waals surface area (Å²) in [7, 11) is -2.58. The minimum Gasteiger partial charge on any atom is -0.355 e. The van der Waals surface area contributed by atoms with E-state index in [4.69, 9.17) is 0 Å². The Balaban J connectivity index is 1.78. The summed E-state index contributed by atoms with van der Waals surface area (Å²) in [6.45, 7) is 0. The molecule has 3 aromatic carbocycles. The van der Waals surface area contributed by atoms with Crippen LogP contribution in [0.25, 0.3) is 0 Å². The Bertz CT molecular complexity index is 1190. The molecule has 154 valence electrons. The highest BCUT2D eigenvalue weighted by Gasteiger charge is 2.18. The van der Waals surface area contributed by atoms with Crippen molar-refractivity contribution >= 4 is 33.2 Å². The molecule has 0 saturated heterocycles. The maximum atomic E-state index is 13.8. The number of anilines is 2. The number of carbonyl (C=O) groups excluding carboxylic acids is 2. The average Bonchev–Trinajstić information content (AvgIpc) is 2.75. The Hall–Kier alpha value is -3.72. The van der Waals surface area contributed by atoms with E-state index in [1.807, 2.05) is 0 Å². The van der Waals surface area contributed by atoms with Crippen LogP contribution in [0.2, 0.25) is 0 Å². The van der Waals surface area contributed by atoms with Gasteiger partial charge in [0.1, 0.15) is 5.82 Å². The molecular formula is C21H18FN3O4S. The number of sulfonamides is 1. The number of hydrogen-bond acceptors (Lipinski definition) is 4. The smallest absolute Gasteiger partial charge is 0.262 e. The molecule has 7 nitrogen and oxygen atoms in total. The van der Waals surface area contributed by atoms with Crippen molar-refractivity contribution < 1.29 is 22.4 Å². The minimum atomic E-state index is -4.10. The molecule has 0 aromatic heterocycles. The Kier molecular flexibility index (Phi) is 6.12. The van der Waals surface area contributed by atoms with Gasteiger partial charge in [-0.05, 0) is 54.6 Å². The topological polar surface area (TPSA) is 104 Å². The molecule has 0 bridgehead atoms. The van der Waals surface area contributed by atoms with E-state index in [0.717, 1.165) is 6.07 Å². The molecule has 3 N–H and O–H groups in total. The molecule has 0 heterocycles. The second kappa shape index (κ2) is 8.75. The third-order valence-electron chi connectivity index (χ3n) is 4.16. The van der Waals surface area contributed by atoms with E-state index in [2.05, 4.69) is 15.4 Å². The minimum absolute atomic E-state index is 0.0989. The fraction of sp³-hybridized carbons (Fsp3) is 0.0476. The van der Waals surface area contributed by atoms with Gasteiger partial charge in [-0.2, -0.15) is 0 Å². The zero-order chi connectivity index (χ0) is 21.7. The molecule has 0 fully saturated rings. The molecule has 3 aromatic rings. The summed E-state index contributed by atoms with van der Waals surface area (Å²) in [5.41, 5.74) is 0.776. The number of benzene rings is 3. The number of carbonyl (C=O) groups is 2. The summed E-state index contributed by atoms with van der Waals surface area (Å²) in [5, 5.41) is 5.13. The van der Waals surface area contributed by atoms with Crippen LogP contribution in [0.1, 0.15) is 20.7 Å². The van der Waals surface area contributed by atoms with Gasteiger partial charge in [-0.1, -0.05) is 18.2 Å². The molecule has 9 heteroatoms. The summed E-state index contributed by atoms with van der Waals surface area (Å²) in [5.74, 6) is -1.51. The van der Waals surface area contributed by atoms with Gasteiger partial charge < -0.3 is 10.6 Å². The fourth-order valence-corrected chi connectivity index (χ4v) is 3.72. The maximum absolute atomic E-state index is 13.8. The van der Waals surface area contributed by atoms with Crippen molar-refractivity contribution in [2.75, 3.05) is 17.1 Å². The molecule has 0 saturated carbocycles. The van der Waals surface area contributed by atoms with Crippen LogP contribution >= 0.6 is 0 Å². The number of para-hydroxylation sites is 1. The lowest BCUT2D eigenvalue weighted by Gasteiger charge is -2.10. The zero-order valence-electron chi connectivity index (χ0n) is 15.8. The summed E-state index contributed by atoms with van der Waals surface area (Å²) in [6.07, 6.45) is 0. The van der Waals surface area contributed by atoms with Gasteiger partial charge >= 0.3 is 0 Å². The van der Waals surface area contributed by atoms with Gasteiger partial charge in [0.2, 0.25) is 0 Å². The highest BCUT2D eigenvalue weighted by molar-refractivity contribution is 7.92. The third kappa shape index (κ3) is 4.81. The van der Waals surface area contributed by atoms with Crippen molar-refractivity contribution in [3.8, 4) is 0 Å². The van der Waals surface area contributed by atoms with E-state index in [-0.39, 0.29) is 22.1 Å². The van der Waals surface area contributed by atoms with Gasteiger partial charge in [-0.25, -0.2) is 12.8 Å². The standard InChI is InChI=1S/C21H18FN3O4S/c1-23-20(26)14-9-11-16(12-10-14)24-21(27)15-5-4-6-17(13-15)30(28,29)25-19-8-3-2-7-18(19)22/h2-13,25H,1H3,(H,23,26)(H,24,27). The second-order valence-electron chi connectivity index (χ2n) is 6.22. The van der Waals surface area contributed by atoms with Gasteiger partial charge in [0.15, 0.2) is 0 Å². The Labute approximate surface area is 173 Å². The lowest BCUT2D eigenvalue weighted by molar-refractivity contribution is 0.0962. The molecule has 0 atom stereocenters. The fourth-order valence-electron chi connectivity index (χ4n) is 2.60. The van der Waals surface area contributed by atoms with Gasteiger partial charge in [0.25, 0.3) is 21.8 Å². The SMILES string of the molecule is CNC(=O)c1ccc(NC(=O)c2cccc(S(=O)(=O)Nc3ccccc3F)c2)cc1. The Morgan fingerprint density at radius 2 is 1.53 bits per heavy atom. The van der Waals surface area contributed by atoms with Crippen LogP contribution in [-0.4, -0.2) is 27.3 Å². The number of nitrogens with one attached hydrogen (secondary N) is 3. The van der Waals surface area contributed by atoms with E-state index < -0.39 is 21.7 Å². The van der Waals surface area contributed by atoms with Crippen molar-refractivity contribution in [3.05, 3.63) is 89.7 Å². The van der Waals surface area contributed by atoms with Crippen molar-refractivity contribution in [3.63, 3.8) is 0 Å². The van der Waals surface area contributed by atoms with E-state index in [0.29, 0.717) is 11.3 Å². The van der Waals surface area contributed by atoms with Gasteiger partial charge in [0, 0.05) is 23.9 Å². The van der Waals surface area contributed by atoms with Crippen LogP contribution in [0.3, 0.4) is 0 Å². The largest absolute Gasteiger partial charge is 0.355 e. The van der Waals surface area contributed by atoms with E-state index in [1.165, 1.54) is 49.5 Å². The summed E-state index contributed by atoms with van der Waals surface area (Å²) in [6, 6.07) is 17.0. The van der Waals surface area contributed by atoms with Crippen LogP contribution in [0.5, 0.6) is 0 Å².